The zero-order chi connectivity index (χ0) is 19.6. The predicted molar refractivity (Wildman–Crippen MR) is 111 cm³/mol. The molecule has 0 unspecified atom stereocenters. The van der Waals surface area contributed by atoms with Gasteiger partial charge in [0, 0.05) is 31.6 Å². The van der Waals surface area contributed by atoms with E-state index in [1.165, 1.54) is 37.1 Å². The average molecular weight is 394 g/mol. The van der Waals surface area contributed by atoms with Crippen molar-refractivity contribution >= 4 is 11.0 Å². The Kier molecular flexibility index (Phi) is 5.29. The van der Waals surface area contributed by atoms with E-state index in [1.54, 1.807) is 6.33 Å². The molecule has 0 spiro atoms. The van der Waals surface area contributed by atoms with E-state index in [4.69, 9.17) is 4.74 Å². The molecule has 2 saturated heterocycles. The maximum absolute atomic E-state index is 13.4. The summed E-state index contributed by atoms with van der Waals surface area (Å²) in [6, 6.07) is 6.61. The largest absolute Gasteiger partial charge is 0.381 e. The molecule has 5 rings (SSSR count). The molecule has 2 aromatic heterocycles. The molecule has 2 fully saturated rings. The number of halogens is 1. The number of benzene rings is 1. The van der Waals surface area contributed by atoms with Gasteiger partial charge in [0.1, 0.15) is 12.1 Å². The molecule has 4 heterocycles. The molecule has 0 N–H and O–H groups in total. The van der Waals surface area contributed by atoms with Gasteiger partial charge in [-0.25, -0.2) is 14.4 Å². The number of hydrogen-bond donors (Lipinski definition) is 0. The van der Waals surface area contributed by atoms with E-state index in [2.05, 4.69) is 25.6 Å². The Morgan fingerprint density at radius 2 is 1.79 bits per heavy atom. The van der Waals surface area contributed by atoms with Gasteiger partial charge >= 0.3 is 0 Å². The van der Waals surface area contributed by atoms with Gasteiger partial charge in [-0.3, -0.25) is 0 Å². The van der Waals surface area contributed by atoms with Crippen LogP contribution in [0.5, 0.6) is 0 Å². The van der Waals surface area contributed by atoms with Gasteiger partial charge in [-0.1, -0.05) is 0 Å². The van der Waals surface area contributed by atoms with Gasteiger partial charge in [-0.2, -0.15) is 0 Å². The fourth-order valence-corrected chi connectivity index (χ4v) is 4.83. The van der Waals surface area contributed by atoms with Gasteiger partial charge in [0.05, 0.1) is 17.2 Å². The van der Waals surface area contributed by atoms with Crippen LogP contribution in [0, 0.1) is 11.7 Å². The molecule has 3 aromatic rings. The van der Waals surface area contributed by atoms with E-state index in [1.807, 2.05) is 18.3 Å². The number of nitrogens with zero attached hydrogens (tertiary/aromatic N) is 4. The molecule has 152 valence electrons. The van der Waals surface area contributed by atoms with Crippen molar-refractivity contribution in [1.82, 2.24) is 19.4 Å². The highest BCUT2D eigenvalue weighted by Gasteiger charge is 2.26. The summed E-state index contributed by atoms with van der Waals surface area (Å²) in [6.45, 7) is 5.32. The van der Waals surface area contributed by atoms with E-state index in [-0.39, 0.29) is 5.82 Å². The Morgan fingerprint density at radius 3 is 2.55 bits per heavy atom. The van der Waals surface area contributed by atoms with Crippen molar-refractivity contribution in [3.8, 4) is 5.69 Å². The summed E-state index contributed by atoms with van der Waals surface area (Å²) < 4.78 is 21.0. The molecule has 1 aromatic carbocycles. The van der Waals surface area contributed by atoms with Crippen LogP contribution in [-0.4, -0.2) is 52.3 Å². The molecular formula is C23H27FN4O. The second-order valence-electron chi connectivity index (χ2n) is 8.32. The first-order valence-electron chi connectivity index (χ1n) is 10.6. The van der Waals surface area contributed by atoms with Gasteiger partial charge in [-0.05, 0) is 80.4 Å². The molecule has 5 nitrogen and oxygen atoms in total. The summed E-state index contributed by atoms with van der Waals surface area (Å²) in [6.07, 6.45) is 10.4. The normalized spacial score (nSPS) is 19.8. The monoisotopic (exact) mass is 394 g/mol. The van der Waals surface area contributed by atoms with Crippen LogP contribution in [0.3, 0.4) is 0 Å². The van der Waals surface area contributed by atoms with Crippen molar-refractivity contribution in [3.63, 3.8) is 0 Å². The fraction of sp³-hybridized carbons (Fsp3) is 0.478. The van der Waals surface area contributed by atoms with E-state index < -0.39 is 0 Å². The minimum atomic E-state index is -0.224. The van der Waals surface area contributed by atoms with Gasteiger partial charge < -0.3 is 14.2 Å². The first-order chi connectivity index (χ1) is 14.3. The highest BCUT2D eigenvalue weighted by molar-refractivity contribution is 5.81. The van der Waals surface area contributed by atoms with Crippen LogP contribution >= 0.6 is 0 Å². The van der Waals surface area contributed by atoms with Gasteiger partial charge in [-0.15, -0.1) is 0 Å². The Bertz CT molecular complexity index is 957. The van der Waals surface area contributed by atoms with Crippen LogP contribution in [-0.2, 0) is 4.74 Å². The summed E-state index contributed by atoms with van der Waals surface area (Å²) in [5, 5.41) is 0. The van der Waals surface area contributed by atoms with Crippen molar-refractivity contribution in [2.45, 2.75) is 31.6 Å². The lowest BCUT2D eigenvalue weighted by atomic mass is 9.89. The second-order valence-corrected chi connectivity index (χ2v) is 8.32. The maximum Gasteiger partial charge on any atom is 0.123 e. The van der Waals surface area contributed by atoms with Crippen molar-refractivity contribution in [1.29, 1.82) is 0 Å². The number of rotatable bonds is 4. The molecule has 2 aliphatic rings. The lowest BCUT2D eigenvalue weighted by Crippen LogP contribution is -2.38. The van der Waals surface area contributed by atoms with E-state index >= 15 is 0 Å². The first-order valence-corrected chi connectivity index (χ1v) is 10.6. The van der Waals surface area contributed by atoms with E-state index in [9.17, 15) is 4.39 Å². The predicted octanol–water partition coefficient (Wildman–Crippen LogP) is 4.17. The molecule has 0 bridgehead atoms. The molecule has 0 radical (unpaired) electrons. The summed E-state index contributed by atoms with van der Waals surface area (Å²) in [5.41, 5.74) is 4.23. The minimum Gasteiger partial charge on any atom is -0.381 e. The smallest absolute Gasteiger partial charge is 0.123 e. The van der Waals surface area contributed by atoms with Crippen LogP contribution in [0.1, 0.15) is 37.2 Å². The summed E-state index contributed by atoms with van der Waals surface area (Å²) in [5.74, 6) is 1.06. The highest BCUT2D eigenvalue weighted by Crippen LogP contribution is 2.35. The number of hydrogen-bond acceptors (Lipinski definition) is 4. The minimum absolute atomic E-state index is 0.224. The third-order valence-electron chi connectivity index (χ3n) is 6.48. The first kappa shape index (κ1) is 18.7. The molecule has 2 aliphatic heterocycles. The SMILES string of the molecule is Fc1ccc(-n2cc(C3CCN(CC4CCOCC4)CC3)c3ncncc32)cc1. The van der Waals surface area contributed by atoms with Gasteiger partial charge in [0.15, 0.2) is 0 Å². The fourth-order valence-electron chi connectivity index (χ4n) is 4.83. The third kappa shape index (κ3) is 3.91. The van der Waals surface area contributed by atoms with Crippen molar-refractivity contribution in [3.05, 3.63) is 54.4 Å². The number of fused-ring (bicyclic) bond motifs is 1. The Hall–Kier alpha value is -2.31. The summed E-state index contributed by atoms with van der Waals surface area (Å²) >= 11 is 0. The van der Waals surface area contributed by atoms with Crippen LogP contribution in [0.4, 0.5) is 4.39 Å². The van der Waals surface area contributed by atoms with Crippen LogP contribution < -0.4 is 0 Å². The highest BCUT2D eigenvalue weighted by atomic mass is 19.1. The van der Waals surface area contributed by atoms with Gasteiger partial charge in [0.2, 0.25) is 0 Å². The van der Waals surface area contributed by atoms with Crippen LogP contribution in [0.25, 0.3) is 16.7 Å². The average Bonchev–Trinajstić information content (AvgIpc) is 3.15. The van der Waals surface area contributed by atoms with Gasteiger partial charge in [0.25, 0.3) is 0 Å². The maximum atomic E-state index is 13.4. The van der Waals surface area contributed by atoms with Crippen LogP contribution in [0.15, 0.2) is 43.0 Å². The van der Waals surface area contributed by atoms with E-state index in [0.717, 1.165) is 61.8 Å². The van der Waals surface area contributed by atoms with Crippen molar-refractivity contribution in [2.24, 2.45) is 5.92 Å². The molecule has 0 amide bonds. The number of likely N-dealkylation sites (tertiary alicyclic amines) is 1. The lowest BCUT2D eigenvalue weighted by Gasteiger charge is -2.35. The van der Waals surface area contributed by atoms with Crippen molar-refractivity contribution in [2.75, 3.05) is 32.8 Å². The zero-order valence-corrected chi connectivity index (χ0v) is 16.6. The Morgan fingerprint density at radius 1 is 1.03 bits per heavy atom. The molecule has 6 heteroatoms. The quantitative estimate of drug-likeness (QED) is 0.666. The number of ether oxygens (including phenoxy) is 1. The molecular weight excluding hydrogens is 367 g/mol. The molecule has 0 aliphatic carbocycles. The lowest BCUT2D eigenvalue weighted by molar-refractivity contribution is 0.0488. The number of piperidine rings is 1. The van der Waals surface area contributed by atoms with Crippen LogP contribution in [0.2, 0.25) is 0 Å². The zero-order valence-electron chi connectivity index (χ0n) is 16.6. The molecule has 29 heavy (non-hydrogen) atoms. The summed E-state index contributed by atoms with van der Waals surface area (Å²) in [7, 11) is 0. The number of aromatic nitrogens is 3. The Labute approximate surface area is 170 Å². The molecule has 0 atom stereocenters. The Balaban J connectivity index is 1.35. The second kappa shape index (κ2) is 8.20. The third-order valence-corrected chi connectivity index (χ3v) is 6.48. The van der Waals surface area contributed by atoms with Crippen molar-refractivity contribution < 1.29 is 9.13 Å². The topological polar surface area (TPSA) is 43.2 Å². The standard InChI is InChI=1S/C23H27FN4O/c24-19-1-3-20(4-2-19)28-15-21(23-22(28)13-25-16-26-23)18-5-9-27(10-6-18)14-17-7-11-29-12-8-17/h1-4,13,15-18H,5-12,14H2. The summed E-state index contributed by atoms with van der Waals surface area (Å²) in [4.78, 5) is 11.5. The molecule has 0 saturated carbocycles. The van der Waals surface area contributed by atoms with E-state index in [0.29, 0.717) is 5.92 Å².